The van der Waals surface area contributed by atoms with E-state index in [2.05, 4.69) is 15.6 Å². The molecule has 0 aromatic heterocycles. The van der Waals surface area contributed by atoms with Crippen molar-refractivity contribution < 1.29 is 14.0 Å². The van der Waals surface area contributed by atoms with Crippen LogP contribution in [0.1, 0.15) is 12.0 Å². The van der Waals surface area contributed by atoms with Gasteiger partial charge in [0.15, 0.2) is 5.17 Å². The highest BCUT2D eigenvalue weighted by molar-refractivity contribution is 8.15. The van der Waals surface area contributed by atoms with Gasteiger partial charge >= 0.3 is 0 Å². The SMILES string of the molecule is O=C(C[C@@H]1SC(=Nc2ccc(F)c(Cl)c2)NC1=O)NCc1ccccc1. The fourth-order valence-electron chi connectivity index (χ4n) is 2.30. The summed E-state index contributed by atoms with van der Waals surface area (Å²) in [6.45, 7) is 0.410. The molecule has 2 aromatic rings. The van der Waals surface area contributed by atoms with E-state index >= 15 is 0 Å². The second kappa shape index (κ2) is 8.33. The third-order valence-corrected chi connectivity index (χ3v) is 4.99. The maximum Gasteiger partial charge on any atom is 0.240 e. The van der Waals surface area contributed by atoms with Gasteiger partial charge in [-0.15, -0.1) is 0 Å². The Hall–Kier alpha value is -2.38. The number of nitrogens with zero attached hydrogens (tertiary/aromatic N) is 1. The Labute approximate surface area is 159 Å². The molecule has 1 aliphatic heterocycles. The summed E-state index contributed by atoms with van der Waals surface area (Å²) in [6.07, 6.45) is 0.0481. The lowest BCUT2D eigenvalue weighted by Gasteiger charge is -2.07. The summed E-state index contributed by atoms with van der Waals surface area (Å²) in [4.78, 5) is 28.3. The molecule has 1 atom stereocenters. The number of halogens is 2. The van der Waals surface area contributed by atoms with Gasteiger partial charge in [-0.1, -0.05) is 53.7 Å². The van der Waals surface area contributed by atoms with Gasteiger partial charge in [0.25, 0.3) is 0 Å². The van der Waals surface area contributed by atoms with Crippen LogP contribution < -0.4 is 10.6 Å². The Morgan fingerprint density at radius 1 is 1.27 bits per heavy atom. The number of amides is 2. The second-order valence-corrected chi connectivity index (χ2v) is 7.18. The van der Waals surface area contributed by atoms with Crippen molar-refractivity contribution in [2.75, 3.05) is 0 Å². The fourth-order valence-corrected chi connectivity index (χ4v) is 3.46. The van der Waals surface area contributed by atoms with Gasteiger partial charge in [-0.25, -0.2) is 9.38 Å². The molecule has 1 heterocycles. The first kappa shape index (κ1) is 18.4. The van der Waals surface area contributed by atoms with Crippen molar-refractivity contribution in [2.45, 2.75) is 18.2 Å². The van der Waals surface area contributed by atoms with Crippen LogP contribution in [0, 0.1) is 5.82 Å². The molecule has 0 bridgehead atoms. The zero-order valence-electron chi connectivity index (χ0n) is 13.5. The molecule has 1 saturated heterocycles. The Kier molecular flexibility index (Phi) is 5.90. The van der Waals surface area contributed by atoms with Crippen molar-refractivity contribution in [1.29, 1.82) is 0 Å². The Bertz CT molecular complexity index is 861. The standard InChI is InChI=1S/C18H15ClFN3O2S/c19-13-8-12(6-7-14(13)20)22-18-23-17(25)15(26-18)9-16(24)21-10-11-4-2-1-3-5-11/h1-8,15H,9-10H2,(H,21,24)(H,22,23,25)/t15-/m0/s1. The van der Waals surface area contributed by atoms with Crippen molar-refractivity contribution in [3.05, 3.63) is 64.9 Å². The Morgan fingerprint density at radius 2 is 2.04 bits per heavy atom. The number of hydrogen-bond donors (Lipinski definition) is 2. The van der Waals surface area contributed by atoms with Gasteiger partial charge in [-0.2, -0.15) is 0 Å². The van der Waals surface area contributed by atoms with Crippen LogP contribution in [0.2, 0.25) is 5.02 Å². The Morgan fingerprint density at radius 3 is 2.77 bits per heavy atom. The quantitative estimate of drug-likeness (QED) is 0.820. The smallest absolute Gasteiger partial charge is 0.240 e. The molecular formula is C18H15ClFN3O2S. The average molecular weight is 392 g/mol. The molecule has 2 amide bonds. The van der Waals surface area contributed by atoms with Crippen molar-refractivity contribution >= 4 is 46.0 Å². The van der Waals surface area contributed by atoms with Crippen molar-refractivity contribution in [2.24, 2.45) is 4.99 Å². The molecule has 5 nitrogen and oxygen atoms in total. The molecule has 2 aromatic carbocycles. The summed E-state index contributed by atoms with van der Waals surface area (Å²) in [5.74, 6) is -1.03. The van der Waals surface area contributed by atoms with Gasteiger partial charge in [-0.05, 0) is 23.8 Å². The molecule has 0 unspecified atom stereocenters. The van der Waals surface area contributed by atoms with E-state index in [1.807, 2.05) is 30.3 Å². The van der Waals surface area contributed by atoms with Crippen molar-refractivity contribution in [3.63, 3.8) is 0 Å². The summed E-state index contributed by atoms with van der Waals surface area (Å²) in [6, 6.07) is 13.6. The monoisotopic (exact) mass is 391 g/mol. The number of rotatable bonds is 5. The number of thioether (sulfide) groups is 1. The third kappa shape index (κ3) is 4.83. The van der Waals surface area contributed by atoms with Crippen LogP contribution in [0.4, 0.5) is 10.1 Å². The summed E-state index contributed by atoms with van der Waals surface area (Å²) >= 11 is 6.88. The van der Waals surface area contributed by atoms with Crippen molar-refractivity contribution in [1.82, 2.24) is 10.6 Å². The van der Waals surface area contributed by atoms with E-state index in [0.717, 1.165) is 5.56 Å². The first-order chi connectivity index (χ1) is 12.5. The average Bonchev–Trinajstić information content (AvgIpc) is 2.96. The minimum Gasteiger partial charge on any atom is -0.352 e. The molecular weight excluding hydrogens is 377 g/mol. The first-order valence-electron chi connectivity index (χ1n) is 7.83. The molecule has 0 spiro atoms. The Balaban J connectivity index is 1.56. The zero-order chi connectivity index (χ0) is 18.5. The van der Waals surface area contributed by atoms with E-state index in [9.17, 15) is 14.0 Å². The largest absolute Gasteiger partial charge is 0.352 e. The molecule has 134 valence electrons. The molecule has 0 aliphatic carbocycles. The molecule has 3 rings (SSSR count). The highest BCUT2D eigenvalue weighted by atomic mass is 35.5. The number of amidine groups is 1. The predicted molar refractivity (Wildman–Crippen MR) is 101 cm³/mol. The molecule has 2 N–H and O–H groups in total. The van der Waals surface area contributed by atoms with E-state index in [4.69, 9.17) is 11.6 Å². The molecule has 1 fully saturated rings. The van der Waals surface area contributed by atoms with Crippen LogP contribution in [-0.4, -0.2) is 22.2 Å². The van der Waals surface area contributed by atoms with Crippen LogP contribution in [0.25, 0.3) is 0 Å². The van der Waals surface area contributed by atoms with E-state index in [0.29, 0.717) is 17.4 Å². The van der Waals surface area contributed by atoms with Crippen LogP contribution >= 0.6 is 23.4 Å². The van der Waals surface area contributed by atoms with E-state index in [1.54, 1.807) is 0 Å². The van der Waals surface area contributed by atoms with Gasteiger partial charge in [-0.3, -0.25) is 9.59 Å². The van der Waals surface area contributed by atoms with E-state index < -0.39 is 11.1 Å². The lowest BCUT2D eigenvalue weighted by molar-refractivity contribution is -0.125. The number of carbonyl (C=O) groups is 2. The van der Waals surface area contributed by atoms with Gasteiger partial charge in [0.2, 0.25) is 11.8 Å². The number of carbonyl (C=O) groups excluding carboxylic acids is 2. The maximum absolute atomic E-state index is 13.2. The van der Waals surface area contributed by atoms with Crippen molar-refractivity contribution in [3.8, 4) is 0 Å². The summed E-state index contributed by atoms with van der Waals surface area (Å²) in [7, 11) is 0. The minimum absolute atomic E-state index is 0.0435. The highest BCUT2D eigenvalue weighted by Crippen LogP contribution is 2.27. The van der Waals surface area contributed by atoms with Gasteiger partial charge in [0.1, 0.15) is 11.1 Å². The lowest BCUT2D eigenvalue weighted by Crippen LogP contribution is -2.31. The molecule has 0 saturated carbocycles. The first-order valence-corrected chi connectivity index (χ1v) is 9.09. The van der Waals surface area contributed by atoms with Gasteiger partial charge in [0.05, 0.1) is 10.7 Å². The predicted octanol–water partition coefficient (Wildman–Crippen LogP) is 3.40. The molecule has 1 aliphatic rings. The van der Waals surface area contributed by atoms with E-state index in [1.165, 1.54) is 30.0 Å². The normalized spacial score (nSPS) is 18.0. The summed E-state index contributed by atoms with van der Waals surface area (Å²) < 4.78 is 13.2. The minimum atomic E-state index is -0.555. The van der Waals surface area contributed by atoms with Gasteiger partial charge in [0, 0.05) is 13.0 Å². The summed E-state index contributed by atoms with van der Waals surface area (Å²) in [5.41, 5.74) is 1.41. The molecule has 26 heavy (non-hydrogen) atoms. The molecule has 8 heteroatoms. The number of aliphatic imine (C=N–C) groups is 1. The van der Waals surface area contributed by atoms with Gasteiger partial charge < -0.3 is 10.6 Å². The number of benzene rings is 2. The third-order valence-electron chi connectivity index (χ3n) is 3.61. The zero-order valence-corrected chi connectivity index (χ0v) is 15.1. The van der Waals surface area contributed by atoms with Crippen LogP contribution in [0.15, 0.2) is 53.5 Å². The van der Waals surface area contributed by atoms with Crippen LogP contribution in [0.3, 0.4) is 0 Å². The topological polar surface area (TPSA) is 70.6 Å². The van der Waals surface area contributed by atoms with Crippen LogP contribution in [-0.2, 0) is 16.1 Å². The lowest BCUT2D eigenvalue weighted by atomic mass is 10.2. The van der Waals surface area contributed by atoms with E-state index in [-0.39, 0.29) is 23.3 Å². The molecule has 0 radical (unpaired) electrons. The number of hydrogen-bond acceptors (Lipinski definition) is 4. The maximum atomic E-state index is 13.2. The summed E-state index contributed by atoms with van der Waals surface area (Å²) in [5, 5.41) is 5.18. The fraction of sp³-hybridized carbons (Fsp3) is 0.167. The number of nitrogens with one attached hydrogen (secondary N) is 2. The van der Waals surface area contributed by atoms with Crippen LogP contribution in [0.5, 0.6) is 0 Å². The second-order valence-electron chi connectivity index (χ2n) is 5.58. The highest BCUT2D eigenvalue weighted by Gasteiger charge is 2.32.